The van der Waals surface area contributed by atoms with Gasteiger partial charge in [-0.25, -0.2) is 17.9 Å². The van der Waals surface area contributed by atoms with Crippen LogP contribution in [0, 0.1) is 11.8 Å². The molecular weight excluding hydrogens is 414 g/mol. The third kappa shape index (κ3) is 7.42. The Morgan fingerprint density at radius 1 is 1.23 bits per heavy atom. The minimum atomic E-state index is -3.60. The van der Waals surface area contributed by atoms with E-state index in [9.17, 15) is 27.9 Å². The van der Waals surface area contributed by atoms with Crippen molar-refractivity contribution in [2.75, 3.05) is 12.8 Å². The molecule has 1 fully saturated rings. The fourth-order valence-corrected chi connectivity index (χ4v) is 4.47. The maximum absolute atomic E-state index is 13.3. The summed E-state index contributed by atoms with van der Waals surface area (Å²) in [6.07, 6.45) is 0.751. The topological polar surface area (TPSA) is 142 Å². The maximum atomic E-state index is 13.3. The predicted octanol–water partition coefficient (Wildman–Crippen LogP) is 1.17. The average molecular weight is 450 g/mol. The van der Waals surface area contributed by atoms with Crippen LogP contribution in [-0.4, -0.2) is 72.9 Å². The van der Waals surface area contributed by atoms with Gasteiger partial charge in [0.05, 0.1) is 18.2 Å². The zero-order valence-corrected chi connectivity index (χ0v) is 19.6. The van der Waals surface area contributed by atoms with E-state index in [0.29, 0.717) is 0 Å². The van der Waals surface area contributed by atoms with Crippen molar-refractivity contribution < 1.29 is 32.6 Å². The molecule has 1 aliphatic rings. The van der Waals surface area contributed by atoms with Crippen molar-refractivity contribution in [3.05, 3.63) is 0 Å². The highest BCUT2D eigenvalue weighted by molar-refractivity contribution is 7.88. The molecular formula is C19H35N3O7S. The van der Waals surface area contributed by atoms with E-state index in [1.807, 2.05) is 0 Å². The second-order valence-electron chi connectivity index (χ2n) is 9.03. The number of carboxylic acid groups (broad SMARTS) is 1. The molecule has 0 aromatic heterocycles. The van der Waals surface area contributed by atoms with Crippen LogP contribution in [0.2, 0.25) is 0 Å². The number of carbonyl (C=O) groups is 3. The third-order valence-corrected chi connectivity index (χ3v) is 5.61. The second-order valence-corrected chi connectivity index (χ2v) is 10.8. The first kappa shape index (κ1) is 26.2. The van der Waals surface area contributed by atoms with Gasteiger partial charge in [-0.15, -0.1) is 0 Å². The summed E-state index contributed by atoms with van der Waals surface area (Å²) in [7, 11) is -3.60. The van der Waals surface area contributed by atoms with Crippen molar-refractivity contribution in [1.82, 2.24) is 14.9 Å². The van der Waals surface area contributed by atoms with E-state index in [1.54, 1.807) is 41.5 Å². The molecule has 4 atom stereocenters. The quantitative estimate of drug-likeness (QED) is 0.505. The first-order chi connectivity index (χ1) is 13.6. The molecule has 0 unspecified atom stereocenters. The minimum absolute atomic E-state index is 0.180. The number of ether oxygens (including phenoxy) is 1. The molecule has 0 aliphatic carbocycles. The smallest absolute Gasteiger partial charge is 0.408 e. The fourth-order valence-electron chi connectivity index (χ4n) is 3.66. The van der Waals surface area contributed by atoms with Gasteiger partial charge in [0, 0.05) is 12.6 Å². The van der Waals surface area contributed by atoms with Crippen molar-refractivity contribution in [1.29, 1.82) is 0 Å². The van der Waals surface area contributed by atoms with Gasteiger partial charge in [0.25, 0.3) is 0 Å². The van der Waals surface area contributed by atoms with Crippen LogP contribution >= 0.6 is 0 Å². The number of carbonyl (C=O) groups excluding carboxylic acids is 2. The number of aliphatic carboxylic acids is 1. The highest BCUT2D eigenvalue weighted by Crippen LogP contribution is 2.29. The Hall–Kier alpha value is -1.88. The monoisotopic (exact) mass is 449 g/mol. The van der Waals surface area contributed by atoms with Crippen molar-refractivity contribution in [3.8, 4) is 0 Å². The molecule has 11 heteroatoms. The van der Waals surface area contributed by atoms with Crippen LogP contribution in [0.15, 0.2) is 0 Å². The molecule has 1 rings (SSSR count). The number of alkyl carbamates (subject to hydrolysis) is 1. The van der Waals surface area contributed by atoms with Gasteiger partial charge in [-0.2, -0.15) is 0 Å². The Kier molecular flexibility index (Phi) is 8.68. The van der Waals surface area contributed by atoms with Gasteiger partial charge >= 0.3 is 12.1 Å². The third-order valence-electron chi connectivity index (χ3n) is 4.88. The molecule has 0 radical (unpaired) electrons. The number of amides is 2. The normalized spacial score (nSPS) is 21.9. The van der Waals surface area contributed by atoms with Crippen LogP contribution < -0.4 is 10.0 Å². The van der Waals surface area contributed by atoms with Crippen LogP contribution in [0.4, 0.5) is 4.79 Å². The summed E-state index contributed by atoms with van der Waals surface area (Å²) in [5.41, 5.74) is -0.744. The van der Waals surface area contributed by atoms with Crippen LogP contribution in [0.5, 0.6) is 0 Å². The molecule has 30 heavy (non-hydrogen) atoms. The summed E-state index contributed by atoms with van der Waals surface area (Å²) in [4.78, 5) is 38.8. The summed E-state index contributed by atoms with van der Waals surface area (Å²) in [6.45, 7) is 10.5. The number of nitrogens with zero attached hydrogens (tertiary/aromatic N) is 1. The van der Waals surface area contributed by atoms with Crippen LogP contribution in [0.3, 0.4) is 0 Å². The van der Waals surface area contributed by atoms with E-state index < -0.39 is 57.6 Å². The van der Waals surface area contributed by atoms with E-state index in [0.717, 1.165) is 6.26 Å². The Balaban J connectivity index is 3.19. The van der Waals surface area contributed by atoms with E-state index in [1.165, 1.54) is 4.90 Å². The molecule has 1 aliphatic heterocycles. The number of hydrogen-bond acceptors (Lipinski definition) is 6. The van der Waals surface area contributed by atoms with Gasteiger partial charge in [0.15, 0.2) is 0 Å². The lowest BCUT2D eigenvalue weighted by Crippen LogP contribution is -2.58. The number of nitrogens with one attached hydrogen (secondary N) is 2. The molecule has 1 heterocycles. The van der Waals surface area contributed by atoms with Crippen molar-refractivity contribution in [3.63, 3.8) is 0 Å². The summed E-state index contributed by atoms with van der Waals surface area (Å²) < 4.78 is 31.3. The Morgan fingerprint density at radius 2 is 1.80 bits per heavy atom. The average Bonchev–Trinajstić information content (AvgIpc) is 2.92. The molecule has 0 bridgehead atoms. The highest BCUT2D eigenvalue weighted by atomic mass is 32.2. The predicted molar refractivity (Wildman–Crippen MR) is 111 cm³/mol. The summed E-state index contributed by atoms with van der Waals surface area (Å²) in [5.74, 6) is -2.82. The SMILES string of the molecule is CC[C@@H](C(=O)O)[C@@H]1[C@@H](NS(C)(=O)=O)CCN1C(=O)[C@@H](NC(=O)OC(C)(C)C)C(C)C. The van der Waals surface area contributed by atoms with Gasteiger partial charge < -0.3 is 20.1 Å². The molecule has 1 saturated heterocycles. The van der Waals surface area contributed by atoms with Crippen molar-refractivity contribution >= 4 is 28.0 Å². The van der Waals surface area contributed by atoms with Gasteiger partial charge in [-0.3, -0.25) is 9.59 Å². The van der Waals surface area contributed by atoms with Crippen molar-refractivity contribution in [2.24, 2.45) is 11.8 Å². The summed E-state index contributed by atoms with van der Waals surface area (Å²) >= 11 is 0. The first-order valence-corrected chi connectivity index (χ1v) is 12.0. The van der Waals surface area contributed by atoms with E-state index in [-0.39, 0.29) is 25.3 Å². The zero-order chi connectivity index (χ0) is 23.4. The van der Waals surface area contributed by atoms with Crippen LogP contribution in [0.25, 0.3) is 0 Å². The second kappa shape index (κ2) is 9.95. The zero-order valence-electron chi connectivity index (χ0n) is 18.8. The van der Waals surface area contributed by atoms with Gasteiger partial charge in [0.1, 0.15) is 11.6 Å². The standard InChI is InChI=1S/C19H35N3O7S/c1-8-12(17(24)25)15-13(21-30(7,27)28)9-10-22(15)16(23)14(11(2)3)20-18(26)29-19(4,5)6/h11-15,21H,8-10H2,1-7H3,(H,20,26)(H,24,25)/t12-,13+,14+,15-/m1/s1. The molecule has 0 saturated carbocycles. The molecule has 3 N–H and O–H groups in total. The van der Waals surface area contributed by atoms with Crippen LogP contribution in [-0.2, 0) is 24.3 Å². The fraction of sp³-hybridized carbons (Fsp3) is 0.842. The van der Waals surface area contributed by atoms with E-state index in [4.69, 9.17) is 4.74 Å². The molecule has 174 valence electrons. The van der Waals surface area contributed by atoms with Crippen molar-refractivity contribution in [2.45, 2.75) is 78.1 Å². The highest BCUT2D eigenvalue weighted by Gasteiger charge is 2.47. The van der Waals surface area contributed by atoms with Gasteiger partial charge in [-0.05, 0) is 39.5 Å². The van der Waals surface area contributed by atoms with Gasteiger partial charge in [0.2, 0.25) is 15.9 Å². The Labute approximate surface area is 178 Å². The lowest BCUT2D eigenvalue weighted by atomic mass is 9.91. The summed E-state index contributed by atoms with van der Waals surface area (Å²) in [6, 6.07) is -2.53. The Bertz CT molecular complexity index is 746. The lowest BCUT2D eigenvalue weighted by molar-refractivity contribution is -0.147. The minimum Gasteiger partial charge on any atom is -0.481 e. The maximum Gasteiger partial charge on any atom is 0.408 e. The number of rotatable bonds is 8. The number of likely N-dealkylation sites (tertiary alicyclic amines) is 1. The number of sulfonamides is 1. The Morgan fingerprint density at radius 3 is 2.20 bits per heavy atom. The molecule has 2 amide bonds. The number of hydrogen-bond donors (Lipinski definition) is 3. The largest absolute Gasteiger partial charge is 0.481 e. The molecule has 0 aromatic carbocycles. The molecule has 0 spiro atoms. The van der Waals surface area contributed by atoms with Crippen LogP contribution in [0.1, 0.15) is 54.4 Å². The summed E-state index contributed by atoms with van der Waals surface area (Å²) in [5, 5.41) is 12.2. The first-order valence-electron chi connectivity index (χ1n) is 10.1. The van der Waals surface area contributed by atoms with E-state index >= 15 is 0 Å². The lowest BCUT2D eigenvalue weighted by Gasteiger charge is -2.35. The molecule has 10 nitrogen and oxygen atoms in total. The van der Waals surface area contributed by atoms with E-state index in [2.05, 4.69) is 10.0 Å². The number of carboxylic acids is 1. The molecule has 0 aromatic rings. The van der Waals surface area contributed by atoms with Gasteiger partial charge in [-0.1, -0.05) is 20.8 Å².